The smallest absolute Gasteiger partial charge is 0.201 e. The first-order chi connectivity index (χ1) is 7.80. The Balaban J connectivity index is 2.10. The maximum absolute atomic E-state index is 5.49. The lowest BCUT2D eigenvalue weighted by Crippen LogP contribution is -2.07. The van der Waals surface area contributed by atoms with Gasteiger partial charge in [0.05, 0.1) is 0 Å². The van der Waals surface area contributed by atoms with Crippen LogP contribution in [0.5, 0.6) is 0 Å². The van der Waals surface area contributed by atoms with Gasteiger partial charge in [-0.3, -0.25) is 0 Å². The van der Waals surface area contributed by atoms with E-state index in [0.717, 1.165) is 10.7 Å². The minimum atomic E-state index is -0.373. The van der Waals surface area contributed by atoms with Crippen LogP contribution in [-0.4, -0.2) is 26.3 Å². The van der Waals surface area contributed by atoms with Crippen LogP contribution < -0.4 is 0 Å². The van der Waals surface area contributed by atoms with Crippen LogP contribution in [-0.2, 0) is 14.2 Å². The second-order valence-electron chi connectivity index (χ2n) is 3.91. The van der Waals surface area contributed by atoms with Gasteiger partial charge in [-0.25, -0.2) is 4.98 Å². The average Bonchev–Trinajstić information content (AvgIpc) is 3.01. The lowest BCUT2D eigenvalue weighted by Gasteiger charge is -2.12. The Morgan fingerprint density at radius 1 is 1.25 bits per heavy atom. The molecule has 0 amide bonds. The number of methoxy groups -OCH3 is 3. The van der Waals surface area contributed by atoms with E-state index in [4.69, 9.17) is 14.2 Å². The summed E-state index contributed by atoms with van der Waals surface area (Å²) in [6.07, 6.45) is 2.26. The first-order valence-corrected chi connectivity index (χ1v) is 6.21. The van der Waals surface area contributed by atoms with Gasteiger partial charge in [-0.1, -0.05) is 0 Å². The van der Waals surface area contributed by atoms with E-state index < -0.39 is 0 Å². The first kappa shape index (κ1) is 12.0. The molecule has 0 aliphatic heterocycles. The standard InChI is InChI=1S/C11H17NO3S/c1-13-9(7-4-5-7)10-12-8(6-16-10)11(14-2)15-3/h6-7,9,11H,4-5H2,1-3H3. The summed E-state index contributed by atoms with van der Waals surface area (Å²) in [7, 11) is 4.97. The summed E-state index contributed by atoms with van der Waals surface area (Å²) >= 11 is 1.61. The molecule has 1 saturated carbocycles. The van der Waals surface area contributed by atoms with Crippen molar-refractivity contribution in [3.8, 4) is 0 Å². The van der Waals surface area contributed by atoms with E-state index in [1.54, 1.807) is 32.7 Å². The fourth-order valence-corrected chi connectivity index (χ4v) is 2.76. The van der Waals surface area contributed by atoms with E-state index in [1.165, 1.54) is 12.8 Å². The minimum absolute atomic E-state index is 0.146. The Hall–Kier alpha value is -0.490. The molecule has 5 heteroatoms. The Morgan fingerprint density at radius 3 is 2.44 bits per heavy atom. The van der Waals surface area contributed by atoms with Gasteiger partial charge in [0.1, 0.15) is 16.8 Å². The van der Waals surface area contributed by atoms with E-state index in [1.807, 2.05) is 5.38 Å². The molecule has 1 fully saturated rings. The van der Waals surface area contributed by atoms with Crippen LogP contribution in [0.25, 0.3) is 0 Å². The van der Waals surface area contributed by atoms with Crippen molar-refractivity contribution >= 4 is 11.3 Å². The fourth-order valence-electron chi connectivity index (χ4n) is 1.77. The zero-order valence-corrected chi connectivity index (χ0v) is 10.6. The Kier molecular flexibility index (Phi) is 3.91. The second kappa shape index (κ2) is 5.23. The van der Waals surface area contributed by atoms with Crippen molar-refractivity contribution in [2.45, 2.75) is 25.2 Å². The Morgan fingerprint density at radius 2 is 1.94 bits per heavy atom. The summed E-state index contributed by atoms with van der Waals surface area (Å²) in [6, 6.07) is 0. The summed E-state index contributed by atoms with van der Waals surface area (Å²) in [6.45, 7) is 0. The fraction of sp³-hybridized carbons (Fsp3) is 0.727. The number of ether oxygens (including phenoxy) is 3. The van der Waals surface area contributed by atoms with Crippen molar-refractivity contribution in [3.63, 3.8) is 0 Å². The predicted molar refractivity (Wildman–Crippen MR) is 61.3 cm³/mol. The van der Waals surface area contributed by atoms with Gasteiger partial charge in [0.15, 0.2) is 0 Å². The third kappa shape index (κ3) is 2.43. The van der Waals surface area contributed by atoms with Crippen LogP contribution in [0.3, 0.4) is 0 Å². The van der Waals surface area contributed by atoms with Crippen LogP contribution in [0.15, 0.2) is 5.38 Å². The SMILES string of the molecule is COC(OC)c1csc(C(OC)C2CC2)n1. The van der Waals surface area contributed by atoms with E-state index in [-0.39, 0.29) is 12.4 Å². The van der Waals surface area contributed by atoms with E-state index in [2.05, 4.69) is 4.98 Å². The maximum Gasteiger partial charge on any atom is 0.201 e. The summed E-state index contributed by atoms with van der Waals surface area (Å²) in [4.78, 5) is 4.53. The lowest BCUT2D eigenvalue weighted by molar-refractivity contribution is -0.108. The van der Waals surface area contributed by atoms with Gasteiger partial charge in [-0.2, -0.15) is 0 Å². The van der Waals surface area contributed by atoms with Crippen molar-refractivity contribution in [3.05, 3.63) is 16.1 Å². The zero-order valence-electron chi connectivity index (χ0n) is 9.80. The topological polar surface area (TPSA) is 40.6 Å². The molecule has 90 valence electrons. The van der Waals surface area contributed by atoms with E-state index in [9.17, 15) is 0 Å². The van der Waals surface area contributed by atoms with Crippen molar-refractivity contribution in [1.29, 1.82) is 0 Å². The molecule has 0 aromatic carbocycles. The monoisotopic (exact) mass is 243 g/mol. The van der Waals surface area contributed by atoms with Gasteiger partial charge in [0.25, 0.3) is 0 Å². The molecule has 4 nitrogen and oxygen atoms in total. The van der Waals surface area contributed by atoms with E-state index >= 15 is 0 Å². The normalized spacial score (nSPS) is 18.0. The summed E-state index contributed by atoms with van der Waals surface area (Å²) < 4.78 is 15.8. The van der Waals surface area contributed by atoms with Crippen molar-refractivity contribution < 1.29 is 14.2 Å². The highest BCUT2D eigenvalue weighted by atomic mass is 32.1. The Labute approximate surface area is 99.5 Å². The average molecular weight is 243 g/mol. The molecule has 1 unspecified atom stereocenters. The van der Waals surface area contributed by atoms with Crippen LogP contribution in [0.2, 0.25) is 0 Å². The lowest BCUT2D eigenvalue weighted by atomic mass is 10.2. The number of nitrogens with zero attached hydrogens (tertiary/aromatic N) is 1. The summed E-state index contributed by atoms with van der Waals surface area (Å²) in [5, 5.41) is 3.00. The van der Waals surface area contributed by atoms with E-state index in [0.29, 0.717) is 5.92 Å². The maximum atomic E-state index is 5.49. The Bertz CT molecular complexity index is 334. The highest BCUT2D eigenvalue weighted by Crippen LogP contribution is 2.44. The molecule has 2 rings (SSSR count). The third-order valence-corrected chi connectivity index (χ3v) is 3.68. The largest absolute Gasteiger partial charge is 0.374 e. The molecule has 0 bridgehead atoms. The van der Waals surface area contributed by atoms with Crippen LogP contribution in [0.1, 0.15) is 35.9 Å². The van der Waals surface area contributed by atoms with Crippen molar-refractivity contribution in [2.75, 3.05) is 21.3 Å². The molecule has 1 aliphatic rings. The molecule has 0 radical (unpaired) electrons. The zero-order chi connectivity index (χ0) is 11.5. The number of aromatic nitrogens is 1. The molecule has 0 spiro atoms. The van der Waals surface area contributed by atoms with Gasteiger partial charge in [0.2, 0.25) is 6.29 Å². The quantitative estimate of drug-likeness (QED) is 0.720. The molecule has 16 heavy (non-hydrogen) atoms. The van der Waals surface area contributed by atoms with Crippen LogP contribution in [0.4, 0.5) is 0 Å². The predicted octanol–water partition coefficient (Wildman–Crippen LogP) is 2.53. The van der Waals surface area contributed by atoms with Crippen LogP contribution >= 0.6 is 11.3 Å². The highest BCUT2D eigenvalue weighted by molar-refractivity contribution is 7.09. The summed E-state index contributed by atoms with van der Waals surface area (Å²) in [5.41, 5.74) is 0.827. The molecule has 0 N–H and O–H groups in total. The number of rotatable bonds is 6. The molecule has 1 aromatic rings. The molecule has 1 atom stereocenters. The second-order valence-corrected chi connectivity index (χ2v) is 4.80. The van der Waals surface area contributed by atoms with Gasteiger partial charge >= 0.3 is 0 Å². The van der Waals surface area contributed by atoms with Crippen molar-refractivity contribution in [1.82, 2.24) is 4.98 Å². The number of hydrogen-bond donors (Lipinski definition) is 0. The molecule has 1 heterocycles. The van der Waals surface area contributed by atoms with Gasteiger partial charge < -0.3 is 14.2 Å². The first-order valence-electron chi connectivity index (χ1n) is 5.33. The molecular formula is C11H17NO3S. The van der Waals surface area contributed by atoms with Gasteiger partial charge in [-0.05, 0) is 18.8 Å². The highest BCUT2D eigenvalue weighted by Gasteiger charge is 2.34. The molecule has 1 aliphatic carbocycles. The van der Waals surface area contributed by atoms with Gasteiger partial charge in [-0.15, -0.1) is 11.3 Å². The third-order valence-electron chi connectivity index (χ3n) is 2.76. The van der Waals surface area contributed by atoms with Crippen molar-refractivity contribution in [2.24, 2.45) is 5.92 Å². The minimum Gasteiger partial charge on any atom is -0.374 e. The molecular weight excluding hydrogens is 226 g/mol. The molecule has 1 aromatic heterocycles. The number of hydrogen-bond acceptors (Lipinski definition) is 5. The summed E-state index contributed by atoms with van der Waals surface area (Å²) in [5.74, 6) is 0.646. The van der Waals surface area contributed by atoms with Gasteiger partial charge in [0, 0.05) is 26.7 Å². The number of thiazole rings is 1. The molecule has 0 saturated heterocycles. The van der Waals surface area contributed by atoms with Crippen LogP contribution in [0, 0.1) is 5.92 Å².